The molecular formula is C24H25N3O5S. The lowest BCUT2D eigenvalue weighted by molar-refractivity contribution is -0.384. The summed E-state index contributed by atoms with van der Waals surface area (Å²) in [7, 11) is -4.06. The van der Waals surface area contributed by atoms with Crippen molar-refractivity contribution >= 4 is 33.0 Å². The number of anilines is 2. The minimum absolute atomic E-state index is 0.0633. The summed E-state index contributed by atoms with van der Waals surface area (Å²) >= 11 is 0. The molecule has 0 radical (unpaired) electrons. The van der Waals surface area contributed by atoms with E-state index in [9.17, 15) is 23.3 Å². The lowest BCUT2D eigenvalue weighted by atomic mass is 10.1. The van der Waals surface area contributed by atoms with E-state index in [0.717, 1.165) is 15.4 Å². The van der Waals surface area contributed by atoms with Crippen molar-refractivity contribution in [1.29, 1.82) is 0 Å². The highest BCUT2D eigenvalue weighted by atomic mass is 32.2. The fourth-order valence-electron chi connectivity index (χ4n) is 3.30. The number of carbonyl (C=O) groups excluding carboxylic acids is 1. The average molecular weight is 468 g/mol. The van der Waals surface area contributed by atoms with Crippen molar-refractivity contribution < 1.29 is 18.1 Å². The Bertz CT molecular complexity index is 1320. The number of nitro groups is 1. The van der Waals surface area contributed by atoms with Crippen LogP contribution in [-0.4, -0.2) is 25.8 Å². The molecule has 0 aliphatic carbocycles. The molecule has 172 valence electrons. The minimum atomic E-state index is -4.06. The molecule has 3 aromatic carbocycles. The highest BCUT2D eigenvalue weighted by Gasteiger charge is 2.28. The number of aryl methyl sites for hydroxylation is 4. The van der Waals surface area contributed by atoms with Gasteiger partial charge in [-0.25, -0.2) is 8.42 Å². The zero-order valence-corrected chi connectivity index (χ0v) is 19.6. The van der Waals surface area contributed by atoms with Crippen molar-refractivity contribution in [2.24, 2.45) is 0 Å². The fraction of sp³-hybridized carbons (Fsp3) is 0.208. The van der Waals surface area contributed by atoms with Crippen LogP contribution >= 0.6 is 0 Å². The number of hydrogen-bond acceptors (Lipinski definition) is 5. The Morgan fingerprint density at radius 1 is 0.909 bits per heavy atom. The van der Waals surface area contributed by atoms with Gasteiger partial charge in [0.05, 0.1) is 21.2 Å². The summed E-state index contributed by atoms with van der Waals surface area (Å²) in [6, 6.07) is 15.9. The Labute approximate surface area is 193 Å². The van der Waals surface area contributed by atoms with Crippen LogP contribution in [0, 0.1) is 37.8 Å². The van der Waals surface area contributed by atoms with Crippen LogP contribution in [0.1, 0.15) is 22.3 Å². The van der Waals surface area contributed by atoms with Gasteiger partial charge in [0.15, 0.2) is 0 Å². The first kappa shape index (κ1) is 23.9. The van der Waals surface area contributed by atoms with Crippen molar-refractivity contribution in [2.75, 3.05) is 16.2 Å². The van der Waals surface area contributed by atoms with Crippen molar-refractivity contribution in [2.45, 2.75) is 32.6 Å². The number of rotatable bonds is 7. The van der Waals surface area contributed by atoms with Crippen LogP contribution in [0.25, 0.3) is 0 Å². The van der Waals surface area contributed by atoms with Crippen LogP contribution in [0.4, 0.5) is 17.1 Å². The van der Waals surface area contributed by atoms with Crippen LogP contribution < -0.4 is 9.62 Å². The quantitative estimate of drug-likeness (QED) is 0.401. The number of benzene rings is 3. The van der Waals surface area contributed by atoms with E-state index in [-0.39, 0.29) is 16.3 Å². The van der Waals surface area contributed by atoms with Gasteiger partial charge in [0.1, 0.15) is 6.54 Å². The molecule has 1 N–H and O–H groups in total. The molecule has 0 fully saturated rings. The third-order valence-electron chi connectivity index (χ3n) is 5.24. The number of nitro benzene ring substituents is 1. The van der Waals surface area contributed by atoms with Crippen LogP contribution in [-0.2, 0) is 14.8 Å². The molecule has 3 rings (SSSR count). The van der Waals surface area contributed by atoms with E-state index in [0.29, 0.717) is 16.8 Å². The van der Waals surface area contributed by atoms with Gasteiger partial charge < -0.3 is 5.32 Å². The molecule has 8 nitrogen and oxygen atoms in total. The van der Waals surface area contributed by atoms with E-state index < -0.39 is 27.4 Å². The zero-order chi connectivity index (χ0) is 24.3. The van der Waals surface area contributed by atoms with Crippen molar-refractivity contribution in [3.63, 3.8) is 0 Å². The summed E-state index contributed by atoms with van der Waals surface area (Å²) in [5, 5.41) is 13.7. The maximum absolute atomic E-state index is 13.6. The largest absolute Gasteiger partial charge is 0.324 e. The monoisotopic (exact) mass is 467 g/mol. The second-order valence-electron chi connectivity index (χ2n) is 7.92. The van der Waals surface area contributed by atoms with Crippen molar-refractivity contribution in [1.82, 2.24) is 0 Å². The molecule has 0 saturated carbocycles. The predicted octanol–water partition coefficient (Wildman–Crippen LogP) is 4.66. The molecule has 33 heavy (non-hydrogen) atoms. The highest BCUT2D eigenvalue weighted by molar-refractivity contribution is 7.92. The molecule has 0 aliphatic rings. The van der Waals surface area contributed by atoms with Gasteiger partial charge in [0.25, 0.3) is 15.7 Å². The van der Waals surface area contributed by atoms with Crippen LogP contribution in [0.5, 0.6) is 0 Å². The molecule has 0 aromatic heterocycles. The Morgan fingerprint density at radius 3 is 2.15 bits per heavy atom. The molecule has 0 spiro atoms. The summed E-state index contributed by atoms with van der Waals surface area (Å²) in [6.07, 6.45) is 0. The number of hydrogen-bond donors (Lipinski definition) is 1. The number of sulfonamides is 1. The van der Waals surface area contributed by atoms with E-state index in [4.69, 9.17) is 0 Å². The standard InChI is InChI=1S/C24H25N3O5S/c1-16-6-11-21(12-7-16)33(31,32)26(23-13-17(2)5-8-19(23)4)15-24(28)25-22-14-20(27(29)30)10-9-18(22)3/h5-14H,15H2,1-4H3,(H,25,28). The second kappa shape index (κ2) is 9.41. The first-order valence-electron chi connectivity index (χ1n) is 10.2. The van der Waals surface area contributed by atoms with Gasteiger partial charge in [0, 0.05) is 12.1 Å². The highest BCUT2D eigenvalue weighted by Crippen LogP contribution is 2.29. The third-order valence-corrected chi connectivity index (χ3v) is 7.01. The summed E-state index contributed by atoms with van der Waals surface area (Å²) < 4.78 is 28.2. The van der Waals surface area contributed by atoms with E-state index >= 15 is 0 Å². The Balaban J connectivity index is 2.01. The van der Waals surface area contributed by atoms with Crippen molar-refractivity contribution in [3.05, 3.63) is 93.0 Å². The lowest BCUT2D eigenvalue weighted by Crippen LogP contribution is -2.38. The first-order chi connectivity index (χ1) is 15.5. The molecule has 0 bridgehead atoms. The topological polar surface area (TPSA) is 110 Å². The minimum Gasteiger partial charge on any atom is -0.324 e. The number of nitrogens with zero attached hydrogens (tertiary/aromatic N) is 2. The molecule has 0 saturated heterocycles. The summed E-state index contributed by atoms with van der Waals surface area (Å²) in [6.45, 7) is 6.67. The zero-order valence-electron chi connectivity index (χ0n) is 18.8. The van der Waals surface area contributed by atoms with Crippen LogP contribution in [0.2, 0.25) is 0 Å². The summed E-state index contributed by atoms with van der Waals surface area (Å²) in [5.41, 5.74) is 3.53. The maximum Gasteiger partial charge on any atom is 0.271 e. The molecule has 9 heteroatoms. The van der Waals surface area contributed by atoms with Gasteiger partial charge in [-0.3, -0.25) is 19.2 Å². The Kier molecular flexibility index (Phi) is 6.83. The van der Waals surface area contributed by atoms with Gasteiger partial charge in [-0.05, 0) is 62.6 Å². The second-order valence-corrected chi connectivity index (χ2v) is 9.78. The molecule has 3 aromatic rings. The normalized spacial score (nSPS) is 11.2. The fourth-order valence-corrected chi connectivity index (χ4v) is 4.78. The van der Waals surface area contributed by atoms with Gasteiger partial charge in [-0.2, -0.15) is 0 Å². The molecule has 0 atom stereocenters. The number of non-ortho nitro benzene ring substituents is 1. The molecule has 1 amide bonds. The molecular weight excluding hydrogens is 442 g/mol. The van der Waals surface area contributed by atoms with E-state index in [1.807, 2.05) is 19.9 Å². The summed E-state index contributed by atoms with van der Waals surface area (Å²) in [5.74, 6) is -0.616. The molecule has 0 unspecified atom stereocenters. The summed E-state index contributed by atoms with van der Waals surface area (Å²) in [4.78, 5) is 23.6. The number of nitrogens with one attached hydrogen (secondary N) is 1. The number of carbonyl (C=O) groups is 1. The third kappa shape index (κ3) is 5.38. The van der Waals surface area contributed by atoms with Gasteiger partial charge in [0.2, 0.25) is 5.91 Å². The maximum atomic E-state index is 13.6. The van der Waals surface area contributed by atoms with Crippen LogP contribution in [0.15, 0.2) is 65.6 Å². The van der Waals surface area contributed by atoms with Gasteiger partial charge in [-0.1, -0.05) is 35.9 Å². The Morgan fingerprint density at radius 2 is 1.52 bits per heavy atom. The van der Waals surface area contributed by atoms with E-state index in [1.54, 1.807) is 38.1 Å². The van der Waals surface area contributed by atoms with Gasteiger partial charge >= 0.3 is 0 Å². The molecule has 0 heterocycles. The first-order valence-corrected chi connectivity index (χ1v) is 11.6. The smallest absolute Gasteiger partial charge is 0.271 e. The number of amides is 1. The molecule has 0 aliphatic heterocycles. The van der Waals surface area contributed by atoms with E-state index in [2.05, 4.69) is 5.32 Å². The SMILES string of the molecule is Cc1ccc(S(=O)(=O)N(CC(=O)Nc2cc([N+](=O)[O-])ccc2C)c2cc(C)ccc2C)cc1. The van der Waals surface area contributed by atoms with E-state index in [1.165, 1.54) is 30.3 Å². The average Bonchev–Trinajstić information content (AvgIpc) is 2.75. The van der Waals surface area contributed by atoms with Gasteiger partial charge in [-0.15, -0.1) is 0 Å². The Hall–Kier alpha value is -3.72. The predicted molar refractivity (Wildman–Crippen MR) is 128 cm³/mol. The van der Waals surface area contributed by atoms with Crippen molar-refractivity contribution in [3.8, 4) is 0 Å². The lowest BCUT2D eigenvalue weighted by Gasteiger charge is -2.26. The van der Waals surface area contributed by atoms with Crippen LogP contribution in [0.3, 0.4) is 0 Å².